The molecule has 1 saturated heterocycles. The maximum atomic E-state index is 13.3. The molecule has 0 saturated carbocycles. The van der Waals surface area contributed by atoms with E-state index in [1.54, 1.807) is 42.6 Å². The van der Waals surface area contributed by atoms with Gasteiger partial charge in [-0.25, -0.2) is 4.98 Å². The summed E-state index contributed by atoms with van der Waals surface area (Å²) in [6.45, 7) is 4.32. The topological polar surface area (TPSA) is 54.9 Å². The Kier molecular flexibility index (Phi) is 10.1. The minimum absolute atomic E-state index is 0.0844. The minimum atomic E-state index is -0.206. The van der Waals surface area contributed by atoms with Crippen molar-refractivity contribution in [1.29, 1.82) is 0 Å². The molecular formula is C32H30Cl3N3O3. The molecule has 0 spiro atoms. The van der Waals surface area contributed by atoms with Gasteiger partial charge in [0, 0.05) is 60.6 Å². The molecule has 41 heavy (non-hydrogen) atoms. The number of pyridine rings is 1. The molecule has 0 unspecified atom stereocenters. The van der Waals surface area contributed by atoms with Crippen LogP contribution in [-0.4, -0.2) is 60.0 Å². The Labute approximate surface area is 255 Å². The number of hydrogen-bond acceptors (Lipinski definition) is 5. The first-order chi connectivity index (χ1) is 20.0. The molecule has 0 bridgehead atoms. The Morgan fingerprint density at radius 3 is 1.93 bits per heavy atom. The molecule has 1 amide bonds. The molecule has 1 fully saturated rings. The molecule has 4 aromatic rings. The van der Waals surface area contributed by atoms with Crippen molar-refractivity contribution in [3.63, 3.8) is 0 Å². The number of hydrogen-bond donors (Lipinski definition) is 0. The molecule has 5 rings (SSSR count). The number of carbonyl (C=O) groups is 1. The molecule has 2 heterocycles. The number of carbonyl (C=O) groups excluding carboxylic acids is 1. The molecular weight excluding hydrogens is 581 g/mol. The third-order valence-corrected chi connectivity index (χ3v) is 7.69. The Hall–Kier alpha value is -3.13. The van der Waals surface area contributed by atoms with Gasteiger partial charge in [0.2, 0.25) is 5.88 Å². The zero-order valence-electron chi connectivity index (χ0n) is 22.4. The number of amides is 1. The SMILES string of the molecule is O=C(c1cccnc1Oc1ccc(Cl)cc1)N1CCN(CCCOC(c2ccc(Cl)cc2)c2ccc(Cl)cc2)CC1. The van der Waals surface area contributed by atoms with Gasteiger partial charge in [-0.15, -0.1) is 0 Å². The van der Waals surface area contributed by atoms with Crippen molar-refractivity contribution in [3.05, 3.63) is 123 Å². The van der Waals surface area contributed by atoms with Gasteiger partial charge in [-0.05, 0) is 78.2 Å². The molecule has 212 valence electrons. The van der Waals surface area contributed by atoms with E-state index in [9.17, 15) is 4.79 Å². The molecule has 1 aliphatic heterocycles. The van der Waals surface area contributed by atoms with Crippen molar-refractivity contribution >= 4 is 40.7 Å². The van der Waals surface area contributed by atoms with Crippen molar-refractivity contribution < 1.29 is 14.3 Å². The van der Waals surface area contributed by atoms with E-state index in [4.69, 9.17) is 44.3 Å². The van der Waals surface area contributed by atoms with E-state index >= 15 is 0 Å². The summed E-state index contributed by atoms with van der Waals surface area (Å²) in [6, 6.07) is 26.0. The van der Waals surface area contributed by atoms with E-state index in [-0.39, 0.29) is 17.9 Å². The lowest BCUT2D eigenvalue weighted by Crippen LogP contribution is -2.49. The van der Waals surface area contributed by atoms with Gasteiger partial charge in [0.1, 0.15) is 17.4 Å². The van der Waals surface area contributed by atoms with Gasteiger partial charge in [-0.3, -0.25) is 9.69 Å². The van der Waals surface area contributed by atoms with Crippen LogP contribution in [0.25, 0.3) is 0 Å². The van der Waals surface area contributed by atoms with Crippen molar-refractivity contribution in [3.8, 4) is 11.6 Å². The molecule has 0 radical (unpaired) electrons. The van der Waals surface area contributed by atoms with Gasteiger partial charge in [-0.2, -0.15) is 0 Å². The number of aromatic nitrogens is 1. The average molecular weight is 611 g/mol. The van der Waals surface area contributed by atoms with Crippen LogP contribution in [0.2, 0.25) is 15.1 Å². The highest BCUT2D eigenvalue weighted by Crippen LogP contribution is 2.29. The number of benzene rings is 3. The second kappa shape index (κ2) is 14.2. The van der Waals surface area contributed by atoms with Gasteiger partial charge in [0.25, 0.3) is 5.91 Å². The second-order valence-electron chi connectivity index (χ2n) is 9.75. The Balaban J connectivity index is 1.12. The van der Waals surface area contributed by atoms with E-state index in [2.05, 4.69) is 9.88 Å². The predicted molar refractivity (Wildman–Crippen MR) is 163 cm³/mol. The third-order valence-electron chi connectivity index (χ3n) is 6.94. The first kappa shape index (κ1) is 29.4. The highest BCUT2D eigenvalue weighted by Gasteiger charge is 2.25. The summed E-state index contributed by atoms with van der Waals surface area (Å²) in [6.07, 6.45) is 2.28. The standard InChI is InChI=1S/C32H30Cl3N3O3/c33-25-8-4-23(5-9-25)30(24-6-10-26(34)11-7-24)40-22-2-17-37-18-20-38(21-19-37)32(39)29-3-1-16-36-31(29)41-28-14-12-27(35)13-15-28/h1,3-16,30H,2,17-22H2. The van der Waals surface area contributed by atoms with E-state index in [1.165, 1.54) is 0 Å². The first-order valence-electron chi connectivity index (χ1n) is 13.5. The summed E-state index contributed by atoms with van der Waals surface area (Å²) in [5.41, 5.74) is 2.53. The van der Waals surface area contributed by atoms with E-state index in [0.717, 1.165) is 37.2 Å². The van der Waals surface area contributed by atoms with Gasteiger partial charge in [0.05, 0.1) is 0 Å². The molecule has 3 aromatic carbocycles. The molecule has 0 aliphatic carbocycles. The van der Waals surface area contributed by atoms with Crippen molar-refractivity contribution in [2.75, 3.05) is 39.3 Å². The Morgan fingerprint density at radius 2 is 1.34 bits per heavy atom. The molecule has 1 aromatic heterocycles. The van der Waals surface area contributed by atoms with Crippen LogP contribution >= 0.6 is 34.8 Å². The summed E-state index contributed by atoms with van der Waals surface area (Å²) in [5, 5.41) is 1.99. The van der Waals surface area contributed by atoms with E-state index in [1.807, 2.05) is 53.4 Å². The zero-order valence-corrected chi connectivity index (χ0v) is 24.7. The van der Waals surface area contributed by atoms with Crippen LogP contribution in [0.4, 0.5) is 0 Å². The van der Waals surface area contributed by atoms with Crippen molar-refractivity contribution in [2.24, 2.45) is 0 Å². The lowest BCUT2D eigenvalue weighted by Gasteiger charge is -2.35. The fraction of sp³-hybridized carbons (Fsp3) is 0.250. The number of rotatable bonds is 10. The zero-order chi connectivity index (χ0) is 28.6. The largest absolute Gasteiger partial charge is 0.438 e. The molecule has 0 N–H and O–H groups in total. The first-order valence-corrected chi connectivity index (χ1v) is 14.6. The fourth-order valence-corrected chi connectivity index (χ4v) is 5.12. The normalized spacial score (nSPS) is 13.9. The third kappa shape index (κ3) is 8.00. The minimum Gasteiger partial charge on any atom is -0.438 e. The van der Waals surface area contributed by atoms with Crippen LogP contribution in [0.3, 0.4) is 0 Å². The van der Waals surface area contributed by atoms with Crippen LogP contribution in [0.15, 0.2) is 91.1 Å². The predicted octanol–water partition coefficient (Wildman–Crippen LogP) is 7.79. The van der Waals surface area contributed by atoms with Crippen LogP contribution in [0, 0.1) is 0 Å². The lowest BCUT2D eigenvalue weighted by molar-refractivity contribution is 0.0548. The van der Waals surface area contributed by atoms with Gasteiger partial charge >= 0.3 is 0 Å². The van der Waals surface area contributed by atoms with E-state index in [0.29, 0.717) is 46.1 Å². The fourth-order valence-electron chi connectivity index (χ4n) is 4.74. The highest BCUT2D eigenvalue weighted by molar-refractivity contribution is 6.31. The van der Waals surface area contributed by atoms with Crippen molar-refractivity contribution in [1.82, 2.24) is 14.8 Å². The highest BCUT2D eigenvalue weighted by atomic mass is 35.5. The number of nitrogens with zero attached hydrogens (tertiary/aromatic N) is 3. The summed E-state index contributed by atoms with van der Waals surface area (Å²) in [7, 11) is 0. The number of halogens is 3. The van der Waals surface area contributed by atoms with Crippen LogP contribution < -0.4 is 4.74 Å². The van der Waals surface area contributed by atoms with E-state index < -0.39 is 0 Å². The molecule has 0 atom stereocenters. The summed E-state index contributed by atoms with van der Waals surface area (Å²) < 4.78 is 12.3. The maximum absolute atomic E-state index is 13.3. The average Bonchev–Trinajstić information content (AvgIpc) is 3.00. The Bertz CT molecular complexity index is 1380. The lowest BCUT2D eigenvalue weighted by atomic mass is 10.0. The van der Waals surface area contributed by atoms with Crippen LogP contribution in [0.5, 0.6) is 11.6 Å². The summed E-state index contributed by atoms with van der Waals surface area (Å²) in [5.74, 6) is 0.776. The Morgan fingerprint density at radius 1 is 0.780 bits per heavy atom. The van der Waals surface area contributed by atoms with Gasteiger partial charge in [0.15, 0.2) is 0 Å². The van der Waals surface area contributed by atoms with Crippen LogP contribution in [-0.2, 0) is 4.74 Å². The summed E-state index contributed by atoms with van der Waals surface area (Å²) in [4.78, 5) is 21.9. The molecule has 9 heteroatoms. The number of piperazine rings is 1. The number of ether oxygens (including phenoxy) is 2. The summed E-state index contributed by atoms with van der Waals surface area (Å²) >= 11 is 18.2. The van der Waals surface area contributed by atoms with Gasteiger partial charge < -0.3 is 14.4 Å². The molecule has 1 aliphatic rings. The van der Waals surface area contributed by atoms with Crippen LogP contribution in [0.1, 0.15) is 34.0 Å². The smallest absolute Gasteiger partial charge is 0.259 e. The monoisotopic (exact) mass is 609 g/mol. The quantitative estimate of drug-likeness (QED) is 0.172. The van der Waals surface area contributed by atoms with Gasteiger partial charge in [-0.1, -0.05) is 59.1 Å². The molecule has 6 nitrogen and oxygen atoms in total. The maximum Gasteiger partial charge on any atom is 0.259 e. The van der Waals surface area contributed by atoms with Crippen molar-refractivity contribution in [2.45, 2.75) is 12.5 Å². The second-order valence-corrected chi connectivity index (χ2v) is 11.1.